The Labute approximate surface area is 175 Å². The van der Waals surface area contributed by atoms with Gasteiger partial charge in [0, 0.05) is 29.2 Å². The third-order valence-electron chi connectivity index (χ3n) is 3.93. The van der Waals surface area contributed by atoms with Crippen molar-refractivity contribution in [3.63, 3.8) is 0 Å². The Hall–Kier alpha value is -4.19. The van der Waals surface area contributed by atoms with E-state index in [1.165, 1.54) is 54.6 Å². The summed E-state index contributed by atoms with van der Waals surface area (Å²) in [5, 5.41) is 24.7. The quantitative estimate of drug-likeness (QED) is 0.256. The fourth-order valence-corrected chi connectivity index (χ4v) is 3.65. The van der Waals surface area contributed by atoms with Crippen molar-refractivity contribution in [3.8, 4) is 5.75 Å². The van der Waals surface area contributed by atoms with Crippen molar-refractivity contribution in [1.82, 2.24) is 0 Å². The normalized spacial score (nSPS) is 10.9. The SMILES string of the molecule is O=C(Nc1ccc([N+](=O)[O-])cc1)Nc1ccc(F)c(S(=O)(=O)Nc2ccc(O)cc2)c1. The number of hydrogen-bond donors (Lipinski definition) is 4. The average molecular weight is 446 g/mol. The summed E-state index contributed by atoms with van der Waals surface area (Å²) in [6, 6.07) is 12.4. The monoisotopic (exact) mass is 446 g/mol. The Kier molecular flexibility index (Phi) is 6.02. The second kappa shape index (κ2) is 8.67. The van der Waals surface area contributed by atoms with E-state index < -0.39 is 31.7 Å². The summed E-state index contributed by atoms with van der Waals surface area (Å²) in [5.74, 6) is -1.10. The number of anilines is 3. The summed E-state index contributed by atoms with van der Waals surface area (Å²) in [7, 11) is -4.33. The van der Waals surface area contributed by atoms with E-state index in [2.05, 4.69) is 15.4 Å². The molecule has 0 aliphatic carbocycles. The summed E-state index contributed by atoms with van der Waals surface area (Å²) >= 11 is 0. The van der Waals surface area contributed by atoms with Crippen LogP contribution in [0.3, 0.4) is 0 Å². The van der Waals surface area contributed by atoms with Gasteiger partial charge in [-0.2, -0.15) is 0 Å². The van der Waals surface area contributed by atoms with Gasteiger partial charge < -0.3 is 15.7 Å². The average Bonchev–Trinajstić information content (AvgIpc) is 2.71. The van der Waals surface area contributed by atoms with Crippen LogP contribution in [0.15, 0.2) is 71.6 Å². The number of sulfonamides is 1. The van der Waals surface area contributed by atoms with Crippen LogP contribution in [0.4, 0.5) is 31.9 Å². The van der Waals surface area contributed by atoms with Crippen molar-refractivity contribution < 1.29 is 27.6 Å². The minimum atomic E-state index is -4.33. The van der Waals surface area contributed by atoms with Gasteiger partial charge in [-0.15, -0.1) is 0 Å². The zero-order valence-corrected chi connectivity index (χ0v) is 16.4. The highest BCUT2D eigenvalue weighted by Gasteiger charge is 2.20. The minimum absolute atomic E-state index is 0.00751. The number of non-ortho nitro benzene ring substituents is 1. The largest absolute Gasteiger partial charge is 0.508 e. The van der Waals surface area contributed by atoms with E-state index in [1.807, 2.05) is 0 Å². The molecule has 4 N–H and O–H groups in total. The first-order valence-electron chi connectivity index (χ1n) is 8.58. The summed E-state index contributed by atoms with van der Waals surface area (Å²) in [6.07, 6.45) is 0. The highest BCUT2D eigenvalue weighted by atomic mass is 32.2. The number of hydrogen-bond acceptors (Lipinski definition) is 6. The molecule has 3 rings (SSSR count). The molecule has 0 bridgehead atoms. The van der Waals surface area contributed by atoms with Gasteiger partial charge in [0.15, 0.2) is 0 Å². The lowest BCUT2D eigenvalue weighted by Gasteiger charge is -2.12. The molecule has 0 aliphatic rings. The molecule has 0 saturated carbocycles. The second-order valence-electron chi connectivity index (χ2n) is 6.18. The molecule has 160 valence electrons. The molecule has 2 amide bonds. The first kappa shape index (κ1) is 21.5. The maximum atomic E-state index is 14.2. The van der Waals surface area contributed by atoms with Gasteiger partial charge in [-0.1, -0.05) is 0 Å². The van der Waals surface area contributed by atoms with Crippen LogP contribution in [0, 0.1) is 15.9 Å². The third kappa shape index (κ3) is 5.45. The summed E-state index contributed by atoms with van der Waals surface area (Å²) in [4.78, 5) is 21.5. The fraction of sp³-hybridized carbons (Fsp3) is 0. The molecular formula is C19H15FN4O6S. The van der Waals surface area contributed by atoms with E-state index in [0.717, 1.165) is 12.1 Å². The zero-order chi connectivity index (χ0) is 22.6. The zero-order valence-electron chi connectivity index (χ0n) is 15.6. The van der Waals surface area contributed by atoms with Gasteiger partial charge in [0.2, 0.25) is 0 Å². The topological polar surface area (TPSA) is 151 Å². The van der Waals surface area contributed by atoms with Crippen LogP contribution in [0.2, 0.25) is 0 Å². The number of carbonyl (C=O) groups is 1. The number of benzene rings is 3. The number of nitrogens with zero attached hydrogens (tertiary/aromatic N) is 1. The molecule has 0 heterocycles. The molecule has 12 heteroatoms. The molecule has 0 saturated heterocycles. The lowest BCUT2D eigenvalue weighted by atomic mass is 10.3. The number of carbonyl (C=O) groups excluding carboxylic acids is 1. The van der Waals surface area contributed by atoms with Crippen molar-refractivity contribution in [2.45, 2.75) is 4.90 Å². The van der Waals surface area contributed by atoms with Gasteiger partial charge in [-0.25, -0.2) is 17.6 Å². The first-order valence-corrected chi connectivity index (χ1v) is 10.1. The van der Waals surface area contributed by atoms with Gasteiger partial charge in [-0.3, -0.25) is 14.8 Å². The first-order chi connectivity index (χ1) is 14.6. The highest BCUT2D eigenvalue weighted by Crippen LogP contribution is 2.24. The van der Waals surface area contributed by atoms with Crippen LogP contribution in [-0.2, 0) is 10.0 Å². The Balaban J connectivity index is 1.74. The van der Waals surface area contributed by atoms with Crippen molar-refractivity contribution in [3.05, 3.63) is 82.7 Å². The number of phenolic OH excluding ortho intramolecular Hbond substituents is 1. The van der Waals surface area contributed by atoms with Gasteiger partial charge in [-0.05, 0) is 54.6 Å². The number of nitro groups is 1. The fourth-order valence-electron chi connectivity index (χ4n) is 2.49. The maximum absolute atomic E-state index is 14.2. The van der Waals surface area contributed by atoms with E-state index in [1.54, 1.807) is 0 Å². The summed E-state index contributed by atoms with van der Waals surface area (Å²) in [6.45, 7) is 0. The van der Waals surface area contributed by atoms with Crippen molar-refractivity contribution >= 4 is 38.8 Å². The predicted molar refractivity (Wildman–Crippen MR) is 111 cm³/mol. The maximum Gasteiger partial charge on any atom is 0.323 e. The second-order valence-corrected chi connectivity index (χ2v) is 7.83. The van der Waals surface area contributed by atoms with E-state index in [0.29, 0.717) is 0 Å². The lowest BCUT2D eigenvalue weighted by molar-refractivity contribution is -0.384. The summed E-state index contributed by atoms with van der Waals surface area (Å²) < 4.78 is 41.4. The Morgan fingerprint density at radius 2 is 1.45 bits per heavy atom. The number of nitro benzene ring substituents is 1. The molecule has 0 fully saturated rings. The van der Waals surface area contributed by atoms with Crippen LogP contribution in [0.25, 0.3) is 0 Å². The molecule has 0 atom stereocenters. The smallest absolute Gasteiger partial charge is 0.323 e. The van der Waals surface area contributed by atoms with Gasteiger partial charge in [0.1, 0.15) is 16.5 Å². The van der Waals surface area contributed by atoms with Gasteiger partial charge in [0.25, 0.3) is 15.7 Å². The van der Waals surface area contributed by atoms with Crippen LogP contribution in [0.1, 0.15) is 0 Å². The molecule has 3 aromatic rings. The number of nitrogens with one attached hydrogen (secondary N) is 3. The molecule has 0 aliphatic heterocycles. The standard InChI is InChI=1S/C19H15FN4O6S/c20-17-10-5-14(22-19(26)21-12-1-6-15(7-2-12)24(27)28)11-18(17)31(29,30)23-13-3-8-16(25)9-4-13/h1-11,23,25H,(H2,21,22,26). The van der Waals surface area contributed by atoms with E-state index >= 15 is 0 Å². The third-order valence-corrected chi connectivity index (χ3v) is 5.33. The lowest BCUT2D eigenvalue weighted by Crippen LogP contribution is -2.20. The Morgan fingerprint density at radius 3 is 2.06 bits per heavy atom. The number of rotatable bonds is 6. The molecule has 31 heavy (non-hydrogen) atoms. The van der Waals surface area contributed by atoms with Crippen molar-refractivity contribution in [2.75, 3.05) is 15.4 Å². The summed E-state index contributed by atoms with van der Waals surface area (Å²) in [5.41, 5.74) is 0.200. The van der Waals surface area contributed by atoms with Crippen LogP contribution >= 0.6 is 0 Å². The number of urea groups is 1. The molecule has 3 aromatic carbocycles. The number of halogens is 1. The molecule has 0 aromatic heterocycles. The Bertz CT molecular complexity index is 1230. The number of amides is 2. The molecule has 0 radical (unpaired) electrons. The molecule has 0 unspecified atom stereocenters. The predicted octanol–water partition coefficient (Wildman–Crippen LogP) is 3.88. The van der Waals surface area contributed by atoms with E-state index in [4.69, 9.17) is 0 Å². The number of aromatic hydroxyl groups is 1. The van der Waals surface area contributed by atoms with Crippen LogP contribution < -0.4 is 15.4 Å². The molecule has 10 nitrogen and oxygen atoms in total. The van der Waals surface area contributed by atoms with E-state index in [9.17, 15) is 32.8 Å². The minimum Gasteiger partial charge on any atom is -0.508 e. The van der Waals surface area contributed by atoms with E-state index in [-0.39, 0.29) is 28.5 Å². The van der Waals surface area contributed by atoms with Crippen molar-refractivity contribution in [2.24, 2.45) is 0 Å². The van der Waals surface area contributed by atoms with Crippen LogP contribution in [-0.4, -0.2) is 24.5 Å². The van der Waals surface area contributed by atoms with Gasteiger partial charge in [0.05, 0.1) is 4.92 Å². The van der Waals surface area contributed by atoms with Crippen molar-refractivity contribution in [1.29, 1.82) is 0 Å². The molecule has 0 spiro atoms. The van der Waals surface area contributed by atoms with Crippen LogP contribution in [0.5, 0.6) is 5.75 Å². The van der Waals surface area contributed by atoms with Gasteiger partial charge >= 0.3 is 6.03 Å². The number of phenols is 1. The highest BCUT2D eigenvalue weighted by molar-refractivity contribution is 7.92. The molecular weight excluding hydrogens is 431 g/mol. The Morgan fingerprint density at radius 1 is 0.903 bits per heavy atom.